The van der Waals surface area contributed by atoms with E-state index in [4.69, 9.17) is 9.15 Å². The van der Waals surface area contributed by atoms with Gasteiger partial charge in [0.2, 0.25) is 0 Å². The first-order chi connectivity index (χ1) is 14.8. The maximum atomic E-state index is 13.1. The van der Waals surface area contributed by atoms with E-state index in [0.717, 1.165) is 49.6 Å². The molecule has 2 N–H and O–H groups in total. The lowest BCUT2D eigenvalue weighted by Gasteiger charge is -2.15. The second kappa shape index (κ2) is 10.1. The Morgan fingerprint density at radius 2 is 2.10 bits per heavy atom. The fourth-order valence-electron chi connectivity index (χ4n) is 3.29. The van der Waals surface area contributed by atoms with Crippen LogP contribution in [0.4, 0.5) is 4.39 Å². The molecule has 1 aliphatic heterocycles. The first kappa shape index (κ1) is 20.2. The molecule has 30 heavy (non-hydrogen) atoms. The molecule has 7 nitrogen and oxygen atoms in total. The molecule has 4 rings (SSSR count). The van der Waals surface area contributed by atoms with E-state index in [2.05, 4.69) is 20.7 Å². The molecule has 0 bridgehead atoms. The topological polar surface area (TPSA) is 76.6 Å². The van der Waals surface area contributed by atoms with Gasteiger partial charge >= 0.3 is 0 Å². The Balaban J connectivity index is 1.36. The Kier molecular flexibility index (Phi) is 6.76. The van der Waals surface area contributed by atoms with Crippen molar-refractivity contribution in [3.8, 4) is 5.69 Å². The maximum absolute atomic E-state index is 13.1. The van der Waals surface area contributed by atoms with E-state index in [1.54, 1.807) is 23.1 Å². The lowest BCUT2D eigenvalue weighted by Crippen LogP contribution is -2.41. The summed E-state index contributed by atoms with van der Waals surface area (Å²) in [6, 6.07) is 12.0. The number of halogens is 1. The molecule has 3 heterocycles. The highest BCUT2D eigenvalue weighted by Crippen LogP contribution is 2.11. The zero-order valence-electron chi connectivity index (χ0n) is 16.8. The van der Waals surface area contributed by atoms with Crippen LogP contribution >= 0.6 is 0 Å². The summed E-state index contributed by atoms with van der Waals surface area (Å²) in [5, 5.41) is 11.2. The third kappa shape index (κ3) is 5.70. The Bertz CT molecular complexity index is 931. The third-order valence-electron chi connectivity index (χ3n) is 4.90. The number of rotatable bonds is 8. The van der Waals surface area contributed by atoms with Crippen LogP contribution in [-0.4, -0.2) is 41.5 Å². The number of ether oxygens (including phenoxy) is 1. The number of guanidine groups is 1. The van der Waals surface area contributed by atoms with Crippen molar-refractivity contribution in [2.24, 2.45) is 4.99 Å². The number of hydrogen-bond acceptors (Lipinski definition) is 4. The van der Waals surface area contributed by atoms with Gasteiger partial charge in [0.25, 0.3) is 0 Å². The molecule has 158 valence electrons. The minimum absolute atomic E-state index is 0.222. The van der Waals surface area contributed by atoms with Gasteiger partial charge in [-0.25, -0.2) is 14.1 Å². The third-order valence-corrected chi connectivity index (χ3v) is 4.90. The number of aromatic nitrogens is 2. The van der Waals surface area contributed by atoms with E-state index < -0.39 is 0 Å². The number of benzene rings is 1. The largest absolute Gasteiger partial charge is 0.469 e. The van der Waals surface area contributed by atoms with E-state index in [0.29, 0.717) is 19.0 Å². The summed E-state index contributed by atoms with van der Waals surface area (Å²) in [5.74, 6) is 1.38. The molecular formula is C22H26FN5O2. The molecule has 3 aromatic rings. The second-order valence-electron chi connectivity index (χ2n) is 7.16. The van der Waals surface area contributed by atoms with Gasteiger partial charge in [0.15, 0.2) is 5.96 Å². The van der Waals surface area contributed by atoms with Gasteiger partial charge in [-0.2, -0.15) is 5.10 Å². The molecule has 1 atom stereocenters. The Hall–Kier alpha value is -3.13. The van der Waals surface area contributed by atoms with Crippen molar-refractivity contribution in [2.75, 3.05) is 19.7 Å². The normalized spacial score (nSPS) is 16.7. The van der Waals surface area contributed by atoms with Crippen LogP contribution in [0.1, 0.15) is 24.3 Å². The van der Waals surface area contributed by atoms with Crippen molar-refractivity contribution in [3.63, 3.8) is 0 Å². The Morgan fingerprint density at radius 3 is 2.87 bits per heavy atom. The maximum Gasteiger partial charge on any atom is 0.191 e. The van der Waals surface area contributed by atoms with Crippen molar-refractivity contribution >= 4 is 5.96 Å². The number of furan rings is 1. The second-order valence-corrected chi connectivity index (χ2v) is 7.16. The van der Waals surface area contributed by atoms with Gasteiger partial charge < -0.3 is 19.8 Å². The van der Waals surface area contributed by atoms with Crippen LogP contribution in [0, 0.1) is 5.82 Å². The first-order valence-corrected chi connectivity index (χ1v) is 10.2. The zero-order chi connectivity index (χ0) is 20.6. The minimum atomic E-state index is -0.265. The van der Waals surface area contributed by atoms with Gasteiger partial charge in [0.1, 0.15) is 11.6 Å². The van der Waals surface area contributed by atoms with E-state index in [-0.39, 0.29) is 11.9 Å². The molecule has 0 aliphatic carbocycles. The van der Waals surface area contributed by atoms with Crippen molar-refractivity contribution in [2.45, 2.75) is 31.9 Å². The fourth-order valence-corrected chi connectivity index (χ4v) is 3.29. The van der Waals surface area contributed by atoms with Crippen LogP contribution < -0.4 is 10.6 Å². The van der Waals surface area contributed by atoms with Crippen LogP contribution in [0.2, 0.25) is 0 Å². The van der Waals surface area contributed by atoms with Gasteiger partial charge in [0, 0.05) is 32.3 Å². The standard InChI is InChI=1S/C22H26FN5O2/c23-17-5-7-19(8-6-17)28-12-10-18(27-28)15-25-22(26-16-21-4-2-14-30-21)24-11-9-20-3-1-13-29-20/h1,3,5-8,10,12-13,21H,2,4,9,11,14-16H2,(H2,24,25,26). The number of nitrogens with zero attached hydrogens (tertiary/aromatic N) is 3. The minimum Gasteiger partial charge on any atom is -0.469 e. The fraction of sp³-hybridized carbons (Fsp3) is 0.364. The van der Waals surface area contributed by atoms with Crippen molar-refractivity contribution in [1.82, 2.24) is 20.4 Å². The summed E-state index contributed by atoms with van der Waals surface area (Å²) in [4.78, 5) is 4.67. The van der Waals surface area contributed by atoms with Crippen LogP contribution in [0.3, 0.4) is 0 Å². The lowest BCUT2D eigenvalue weighted by molar-refractivity contribution is 0.114. The average molecular weight is 411 g/mol. The van der Waals surface area contributed by atoms with Gasteiger partial charge in [-0.1, -0.05) is 0 Å². The molecule has 1 aliphatic rings. The van der Waals surface area contributed by atoms with Gasteiger partial charge in [-0.05, 0) is 55.3 Å². The average Bonchev–Trinajstić information content (AvgIpc) is 3.53. The van der Waals surface area contributed by atoms with Gasteiger partial charge in [-0.15, -0.1) is 0 Å². The molecule has 1 unspecified atom stereocenters. The summed E-state index contributed by atoms with van der Waals surface area (Å²) in [7, 11) is 0. The molecule has 8 heteroatoms. The molecule has 0 amide bonds. The molecule has 1 fully saturated rings. The van der Waals surface area contributed by atoms with Crippen LogP contribution in [-0.2, 0) is 17.7 Å². The molecule has 0 spiro atoms. The van der Waals surface area contributed by atoms with E-state index >= 15 is 0 Å². The van der Waals surface area contributed by atoms with Crippen molar-refractivity contribution in [1.29, 1.82) is 0 Å². The smallest absolute Gasteiger partial charge is 0.191 e. The summed E-state index contributed by atoms with van der Waals surface area (Å²) < 4.78 is 25.9. The first-order valence-electron chi connectivity index (χ1n) is 10.2. The summed E-state index contributed by atoms with van der Waals surface area (Å²) in [6.07, 6.45) is 6.69. The molecule has 0 saturated carbocycles. The van der Waals surface area contributed by atoms with Crippen molar-refractivity contribution in [3.05, 3.63) is 72.2 Å². The van der Waals surface area contributed by atoms with E-state index in [9.17, 15) is 4.39 Å². The molecule has 1 aromatic carbocycles. The monoisotopic (exact) mass is 411 g/mol. The van der Waals surface area contributed by atoms with Crippen LogP contribution in [0.25, 0.3) is 5.69 Å². The van der Waals surface area contributed by atoms with Gasteiger partial charge in [-0.3, -0.25) is 0 Å². The Labute approximate surface area is 174 Å². The zero-order valence-corrected chi connectivity index (χ0v) is 16.8. The van der Waals surface area contributed by atoms with E-state index in [1.165, 1.54) is 12.1 Å². The molecule has 2 aromatic heterocycles. The molecular weight excluding hydrogens is 385 g/mol. The highest BCUT2D eigenvalue weighted by atomic mass is 19.1. The van der Waals surface area contributed by atoms with Gasteiger partial charge in [0.05, 0.1) is 30.3 Å². The van der Waals surface area contributed by atoms with E-state index in [1.807, 2.05) is 24.4 Å². The number of nitrogens with one attached hydrogen (secondary N) is 2. The SMILES string of the molecule is Fc1ccc(-n2ccc(CN=C(NCCc3ccco3)NCC3CCCO3)n2)cc1. The molecule has 1 saturated heterocycles. The Morgan fingerprint density at radius 1 is 1.20 bits per heavy atom. The lowest BCUT2D eigenvalue weighted by atomic mass is 10.2. The predicted molar refractivity (Wildman–Crippen MR) is 112 cm³/mol. The summed E-state index contributed by atoms with van der Waals surface area (Å²) in [5.41, 5.74) is 1.63. The highest BCUT2D eigenvalue weighted by molar-refractivity contribution is 5.79. The quantitative estimate of drug-likeness (QED) is 0.440. The number of hydrogen-bond donors (Lipinski definition) is 2. The highest BCUT2D eigenvalue weighted by Gasteiger charge is 2.15. The summed E-state index contributed by atoms with van der Waals surface area (Å²) >= 11 is 0. The van der Waals surface area contributed by atoms with Crippen molar-refractivity contribution < 1.29 is 13.5 Å². The summed E-state index contributed by atoms with van der Waals surface area (Å²) in [6.45, 7) is 2.67. The van der Waals surface area contributed by atoms with Crippen LogP contribution in [0.5, 0.6) is 0 Å². The predicted octanol–water partition coefficient (Wildman–Crippen LogP) is 3.06. The number of aliphatic imine (C=N–C) groups is 1. The van der Waals surface area contributed by atoms with Crippen LogP contribution in [0.15, 0.2) is 64.3 Å². The molecule has 0 radical (unpaired) electrons.